The molecule has 2 N–H and O–H groups in total. The largest absolute Gasteiger partial charge is 0.508 e. The molecule has 9 heteroatoms. The summed E-state index contributed by atoms with van der Waals surface area (Å²) in [6, 6.07) is 28.4. The monoisotopic (exact) mass is 527 g/mol. The molecule has 0 unspecified atom stereocenters. The number of fused-ring (bicyclic) bond motifs is 4. The molecule has 2 aromatic heterocycles. The normalized spacial score (nSPS) is 15.3. The zero-order chi connectivity index (χ0) is 27.2. The summed E-state index contributed by atoms with van der Waals surface area (Å²) in [6.45, 7) is 1.98. The maximum atomic E-state index is 10.5. The van der Waals surface area contributed by atoms with Crippen LogP contribution in [0.2, 0.25) is 0 Å². The molecule has 7 rings (SSSR count). The summed E-state index contributed by atoms with van der Waals surface area (Å²) in [7, 11) is 1.64. The van der Waals surface area contributed by atoms with Gasteiger partial charge < -0.3 is 20.1 Å². The average Bonchev–Trinajstić information content (AvgIpc) is 3.32. The van der Waals surface area contributed by atoms with Gasteiger partial charge in [0, 0.05) is 23.5 Å². The number of phenols is 1. The Morgan fingerprint density at radius 3 is 2.58 bits per heavy atom. The first-order chi connectivity index (χ1) is 19.6. The number of aliphatic imine (C=N–C) groups is 2. The molecule has 5 aromatic rings. The first kappa shape index (κ1) is 23.7. The standard InChI is InChI=1S/C31H25N7O2/c1-19-27-28(20-9-7-11-22(39)17-20)37-25-14-4-3-13-24(25)34-29(33-21-10-8-12-23(18-21)40-2)31(37)35-30(27)38(36-19)26-15-5-6-16-32-26/h3-18,28,39H,1-2H3,(H,33,34)/t28-/m0/s1. The molecule has 0 spiro atoms. The van der Waals surface area contributed by atoms with Crippen LogP contribution >= 0.6 is 0 Å². The molecule has 0 saturated heterocycles. The van der Waals surface area contributed by atoms with Crippen LogP contribution in [-0.2, 0) is 0 Å². The molecule has 4 heterocycles. The quantitative estimate of drug-likeness (QED) is 0.294. The molecule has 196 valence electrons. The van der Waals surface area contributed by atoms with E-state index in [-0.39, 0.29) is 11.8 Å². The van der Waals surface area contributed by atoms with Gasteiger partial charge in [0.05, 0.1) is 30.2 Å². The molecule has 2 aliphatic heterocycles. The Morgan fingerprint density at radius 2 is 1.75 bits per heavy atom. The highest BCUT2D eigenvalue weighted by molar-refractivity contribution is 6.51. The number of methoxy groups -OCH3 is 1. The van der Waals surface area contributed by atoms with Crippen LogP contribution in [0, 0.1) is 6.92 Å². The fraction of sp³-hybridized carbons (Fsp3) is 0.0968. The molecule has 9 nitrogen and oxygen atoms in total. The highest BCUT2D eigenvalue weighted by Crippen LogP contribution is 2.48. The summed E-state index contributed by atoms with van der Waals surface area (Å²) in [4.78, 5) is 16.9. The number of anilines is 2. The van der Waals surface area contributed by atoms with Crippen LogP contribution in [0.5, 0.6) is 11.5 Å². The third-order valence-corrected chi connectivity index (χ3v) is 7.02. The number of pyridine rings is 1. The molecule has 0 aliphatic carbocycles. The van der Waals surface area contributed by atoms with Crippen LogP contribution in [0.25, 0.3) is 5.82 Å². The highest BCUT2D eigenvalue weighted by Gasteiger charge is 2.41. The molecule has 0 fully saturated rings. The van der Waals surface area contributed by atoms with Gasteiger partial charge in [0.25, 0.3) is 0 Å². The zero-order valence-corrected chi connectivity index (χ0v) is 21.9. The van der Waals surface area contributed by atoms with Gasteiger partial charge in [-0.15, -0.1) is 0 Å². The second kappa shape index (κ2) is 9.39. The van der Waals surface area contributed by atoms with E-state index < -0.39 is 0 Å². The molecule has 40 heavy (non-hydrogen) atoms. The van der Waals surface area contributed by atoms with Crippen molar-refractivity contribution in [3.05, 3.63) is 114 Å². The van der Waals surface area contributed by atoms with Gasteiger partial charge in [0.2, 0.25) is 0 Å². The molecule has 0 radical (unpaired) electrons. The van der Waals surface area contributed by atoms with Crippen molar-refractivity contribution in [1.29, 1.82) is 0 Å². The number of aromatic nitrogens is 3. The number of aryl methyl sites for hydroxylation is 1. The lowest BCUT2D eigenvalue weighted by molar-refractivity contribution is 0.415. The number of hydrogen-bond donors (Lipinski definition) is 2. The Hall–Kier alpha value is -5.44. The Balaban J connectivity index is 1.49. The molecule has 1 atom stereocenters. The van der Waals surface area contributed by atoms with Gasteiger partial charge in [-0.3, -0.25) is 0 Å². The van der Waals surface area contributed by atoms with E-state index in [0.29, 0.717) is 23.3 Å². The second-order valence-electron chi connectivity index (χ2n) is 9.53. The van der Waals surface area contributed by atoms with Crippen molar-refractivity contribution < 1.29 is 9.84 Å². The highest BCUT2D eigenvalue weighted by atomic mass is 16.5. The lowest BCUT2D eigenvalue weighted by Gasteiger charge is -2.40. The van der Waals surface area contributed by atoms with Crippen LogP contribution in [0.3, 0.4) is 0 Å². The summed E-state index contributed by atoms with van der Waals surface area (Å²) in [5.74, 6) is 3.44. The lowest BCUT2D eigenvalue weighted by Crippen LogP contribution is -2.46. The first-order valence-electron chi connectivity index (χ1n) is 12.9. The van der Waals surface area contributed by atoms with Crippen molar-refractivity contribution in [2.45, 2.75) is 13.0 Å². The fourth-order valence-electron chi connectivity index (χ4n) is 5.28. The number of ether oxygens (including phenoxy) is 1. The predicted octanol–water partition coefficient (Wildman–Crippen LogP) is 6.09. The number of rotatable bonds is 4. The minimum Gasteiger partial charge on any atom is -0.508 e. The average molecular weight is 528 g/mol. The Kier molecular flexibility index (Phi) is 5.55. The SMILES string of the molecule is COc1cccc(NC2=Nc3ccccc3N3C2=Nc2c(c(C)nn2-c2ccccn2)[C@@H]3c2cccc(O)c2)c1. The van der Waals surface area contributed by atoms with Gasteiger partial charge in [-0.25, -0.2) is 15.0 Å². The molecule has 3 aromatic carbocycles. The Labute approximate surface area is 230 Å². The van der Waals surface area contributed by atoms with Crippen molar-refractivity contribution in [1.82, 2.24) is 14.8 Å². The third kappa shape index (κ3) is 3.87. The summed E-state index contributed by atoms with van der Waals surface area (Å²) < 4.78 is 7.22. The van der Waals surface area contributed by atoms with Gasteiger partial charge in [-0.2, -0.15) is 9.78 Å². The first-order valence-corrected chi connectivity index (χ1v) is 12.9. The maximum absolute atomic E-state index is 10.5. The molecular weight excluding hydrogens is 502 g/mol. The van der Waals surface area contributed by atoms with Crippen molar-refractivity contribution in [2.24, 2.45) is 9.98 Å². The smallest absolute Gasteiger partial charge is 0.179 e. The number of aromatic hydroxyl groups is 1. The molecule has 0 amide bonds. The van der Waals surface area contributed by atoms with E-state index in [1.54, 1.807) is 30.1 Å². The van der Waals surface area contributed by atoms with Crippen LogP contribution in [0.4, 0.5) is 22.9 Å². The second-order valence-corrected chi connectivity index (χ2v) is 9.53. The van der Waals surface area contributed by atoms with E-state index in [9.17, 15) is 5.11 Å². The van der Waals surface area contributed by atoms with Crippen LogP contribution in [-0.4, -0.2) is 38.7 Å². The summed E-state index contributed by atoms with van der Waals surface area (Å²) in [5, 5.41) is 18.9. The van der Waals surface area contributed by atoms with E-state index in [2.05, 4.69) is 15.2 Å². The summed E-state index contributed by atoms with van der Waals surface area (Å²) in [6.07, 6.45) is 1.74. The minimum atomic E-state index is -0.342. The van der Waals surface area contributed by atoms with Gasteiger partial charge in [0.1, 0.15) is 11.5 Å². The van der Waals surface area contributed by atoms with E-state index >= 15 is 0 Å². The third-order valence-electron chi connectivity index (χ3n) is 7.02. The number of benzene rings is 3. The van der Waals surface area contributed by atoms with Gasteiger partial charge >= 0.3 is 0 Å². The zero-order valence-electron chi connectivity index (χ0n) is 21.9. The van der Waals surface area contributed by atoms with E-state index in [4.69, 9.17) is 19.8 Å². The molecule has 2 aliphatic rings. The van der Waals surface area contributed by atoms with Crippen LogP contribution in [0.15, 0.2) is 107 Å². The fourth-order valence-corrected chi connectivity index (χ4v) is 5.28. The van der Waals surface area contributed by atoms with E-state index in [0.717, 1.165) is 39.6 Å². The van der Waals surface area contributed by atoms with Crippen molar-refractivity contribution in [3.63, 3.8) is 0 Å². The van der Waals surface area contributed by atoms with E-state index in [1.165, 1.54) is 0 Å². The van der Waals surface area contributed by atoms with Crippen molar-refractivity contribution >= 4 is 34.6 Å². The minimum absolute atomic E-state index is 0.187. The Morgan fingerprint density at radius 1 is 0.900 bits per heavy atom. The van der Waals surface area contributed by atoms with Gasteiger partial charge in [0.15, 0.2) is 23.3 Å². The Bertz CT molecular complexity index is 1810. The van der Waals surface area contributed by atoms with Crippen LogP contribution in [0.1, 0.15) is 22.9 Å². The predicted molar refractivity (Wildman–Crippen MR) is 156 cm³/mol. The molecular formula is C31H25N7O2. The van der Waals surface area contributed by atoms with Crippen molar-refractivity contribution in [2.75, 3.05) is 17.3 Å². The molecule has 0 saturated carbocycles. The maximum Gasteiger partial charge on any atom is 0.179 e. The summed E-state index contributed by atoms with van der Waals surface area (Å²) >= 11 is 0. The van der Waals surface area contributed by atoms with E-state index in [1.807, 2.05) is 85.8 Å². The number of amidine groups is 2. The lowest BCUT2D eigenvalue weighted by atomic mass is 9.93. The topological polar surface area (TPSA) is 100 Å². The number of para-hydroxylation sites is 2. The summed E-state index contributed by atoms with van der Waals surface area (Å²) in [5.41, 5.74) is 5.16. The number of phenolic OH excluding ortho intramolecular Hbond substituents is 1. The van der Waals surface area contributed by atoms with Gasteiger partial charge in [-0.05, 0) is 61.0 Å². The number of nitrogens with zero attached hydrogens (tertiary/aromatic N) is 6. The van der Waals surface area contributed by atoms with Gasteiger partial charge in [-0.1, -0.05) is 36.4 Å². The van der Waals surface area contributed by atoms with Crippen molar-refractivity contribution in [3.8, 4) is 17.3 Å². The molecule has 0 bridgehead atoms. The number of nitrogens with one attached hydrogen (secondary N) is 1. The van der Waals surface area contributed by atoms with Crippen LogP contribution < -0.4 is 15.0 Å². The number of hydrogen-bond acceptors (Lipinski definition) is 8.